The quantitative estimate of drug-likeness (QED) is 0.542. The average Bonchev–Trinajstić information content (AvgIpc) is 2.26. The van der Waals surface area contributed by atoms with Crippen LogP contribution in [0.1, 0.15) is 81.1 Å². The minimum absolute atomic E-state index is 0.652. The molecule has 0 heteroatoms. The molecular weight excluding hydrogens is 204 g/mol. The van der Waals surface area contributed by atoms with Crippen LogP contribution in [0.15, 0.2) is 0 Å². The molecule has 0 aliphatic heterocycles. The van der Waals surface area contributed by atoms with E-state index in [9.17, 15) is 0 Å². The van der Waals surface area contributed by atoms with Crippen LogP contribution in [0.5, 0.6) is 0 Å². The lowest BCUT2D eigenvalue weighted by Crippen LogP contribution is -2.44. The van der Waals surface area contributed by atoms with Gasteiger partial charge < -0.3 is 0 Å². The SMILES string of the molecule is CC.CC.CC1CC(C(C)(C)C2CC(C)C2)C1. The van der Waals surface area contributed by atoms with E-state index in [2.05, 4.69) is 27.7 Å². The van der Waals surface area contributed by atoms with Crippen molar-refractivity contribution >= 4 is 0 Å². The standard InChI is InChI=1S/C13H24.2C2H6/c1-9-5-11(6-9)13(3,4)12-7-10(2)8-12;2*1-2/h9-12H,5-8H2,1-4H3;2*1-2H3. The first-order chi connectivity index (χ1) is 8.00. The van der Waals surface area contributed by atoms with Gasteiger partial charge in [0.15, 0.2) is 0 Å². The van der Waals surface area contributed by atoms with Gasteiger partial charge in [0.05, 0.1) is 0 Å². The summed E-state index contributed by atoms with van der Waals surface area (Å²) in [6, 6.07) is 0. The van der Waals surface area contributed by atoms with Gasteiger partial charge >= 0.3 is 0 Å². The van der Waals surface area contributed by atoms with Gasteiger partial charge in [-0.2, -0.15) is 0 Å². The Balaban J connectivity index is 0.000000581. The first kappa shape index (κ1) is 17.0. The molecule has 0 bridgehead atoms. The van der Waals surface area contributed by atoms with Gasteiger partial charge in [-0.3, -0.25) is 0 Å². The number of hydrogen-bond donors (Lipinski definition) is 0. The molecule has 2 aliphatic rings. The van der Waals surface area contributed by atoms with Gasteiger partial charge in [0.25, 0.3) is 0 Å². The monoisotopic (exact) mass is 240 g/mol. The Morgan fingerprint density at radius 2 is 0.882 bits per heavy atom. The smallest absolute Gasteiger partial charge is 0.0297 e. The molecule has 0 N–H and O–H groups in total. The Labute approximate surface area is 111 Å². The van der Waals surface area contributed by atoms with Crippen molar-refractivity contribution in [2.75, 3.05) is 0 Å². The maximum Gasteiger partial charge on any atom is -0.0297 e. The molecule has 0 nitrogen and oxygen atoms in total. The van der Waals surface area contributed by atoms with Crippen LogP contribution in [-0.4, -0.2) is 0 Å². The highest BCUT2D eigenvalue weighted by Crippen LogP contribution is 2.55. The maximum atomic E-state index is 2.51. The zero-order chi connectivity index (χ0) is 13.6. The van der Waals surface area contributed by atoms with Gasteiger partial charge in [-0.05, 0) is 54.8 Å². The van der Waals surface area contributed by atoms with E-state index in [-0.39, 0.29) is 0 Å². The van der Waals surface area contributed by atoms with Crippen molar-refractivity contribution < 1.29 is 0 Å². The van der Waals surface area contributed by atoms with E-state index >= 15 is 0 Å². The largest absolute Gasteiger partial charge is 0.0683 e. The third-order valence-electron chi connectivity index (χ3n) is 4.85. The number of rotatable bonds is 2. The topological polar surface area (TPSA) is 0 Å². The first-order valence-corrected chi connectivity index (χ1v) is 8.00. The van der Waals surface area contributed by atoms with Gasteiger partial charge in [-0.25, -0.2) is 0 Å². The summed E-state index contributed by atoms with van der Waals surface area (Å²) in [6.07, 6.45) is 5.99. The van der Waals surface area contributed by atoms with Crippen molar-refractivity contribution in [3.8, 4) is 0 Å². The first-order valence-electron chi connectivity index (χ1n) is 8.00. The van der Waals surface area contributed by atoms with Gasteiger partial charge in [0.2, 0.25) is 0 Å². The summed E-state index contributed by atoms with van der Waals surface area (Å²) in [6.45, 7) is 17.8. The highest BCUT2D eigenvalue weighted by atomic mass is 14.5. The second-order valence-electron chi connectivity index (χ2n) is 6.37. The summed E-state index contributed by atoms with van der Waals surface area (Å²) in [4.78, 5) is 0. The van der Waals surface area contributed by atoms with E-state index in [0.717, 1.165) is 23.7 Å². The summed E-state index contributed by atoms with van der Waals surface area (Å²) in [5, 5.41) is 0. The normalized spacial score (nSPS) is 35.3. The molecule has 0 amide bonds. The molecule has 2 fully saturated rings. The third-order valence-corrected chi connectivity index (χ3v) is 4.85. The Morgan fingerprint density at radius 3 is 1.06 bits per heavy atom. The second-order valence-corrected chi connectivity index (χ2v) is 6.37. The van der Waals surface area contributed by atoms with E-state index < -0.39 is 0 Å². The van der Waals surface area contributed by atoms with Crippen molar-refractivity contribution in [1.82, 2.24) is 0 Å². The molecule has 2 rings (SSSR count). The minimum Gasteiger partial charge on any atom is -0.0683 e. The molecule has 0 heterocycles. The second kappa shape index (κ2) is 7.44. The van der Waals surface area contributed by atoms with Gasteiger partial charge in [0.1, 0.15) is 0 Å². The van der Waals surface area contributed by atoms with Crippen LogP contribution >= 0.6 is 0 Å². The van der Waals surface area contributed by atoms with Crippen LogP contribution < -0.4 is 0 Å². The molecule has 104 valence electrons. The van der Waals surface area contributed by atoms with Crippen molar-refractivity contribution in [1.29, 1.82) is 0 Å². The molecule has 0 aromatic carbocycles. The van der Waals surface area contributed by atoms with E-state index in [0.29, 0.717) is 5.41 Å². The molecule has 2 saturated carbocycles. The zero-order valence-electron chi connectivity index (χ0n) is 13.6. The molecule has 2 aliphatic carbocycles. The van der Waals surface area contributed by atoms with Gasteiger partial charge in [0, 0.05) is 0 Å². The molecule has 0 radical (unpaired) electrons. The molecule has 0 aromatic rings. The highest BCUT2D eigenvalue weighted by molar-refractivity contribution is 4.96. The minimum atomic E-state index is 0.652. The van der Waals surface area contributed by atoms with Crippen LogP contribution in [0.3, 0.4) is 0 Å². The van der Waals surface area contributed by atoms with Crippen LogP contribution in [0, 0.1) is 29.1 Å². The Morgan fingerprint density at radius 1 is 0.647 bits per heavy atom. The van der Waals surface area contributed by atoms with E-state index in [1.54, 1.807) is 0 Å². The maximum absolute atomic E-state index is 2.51. The Kier molecular flexibility index (Phi) is 7.44. The molecule has 17 heavy (non-hydrogen) atoms. The van der Waals surface area contributed by atoms with Crippen LogP contribution in [0.25, 0.3) is 0 Å². The lowest BCUT2D eigenvalue weighted by molar-refractivity contribution is -0.0314. The molecule has 0 spiro atoms. The van der Waals surface area contributed by atoms with E-state index in [1.807, 2.05) is 27.7 Å². The Hall–Kier alpha value is 0. The van der Waals surface area contributed by atoms with Gasteiger partial charge in [-0.15, -0.1) is 0 Å². The molecule has 0 unspecified atom stereocenters. The molecule has 0 atom stereocenters. The number of hydrogen-bond acceptors (Lipinski definition) is 0. The van der Waals surface area contributed by atoms with E-state index in [4.69, 9.17) is 0 Å². The molecule has 0 aromatic heterocycles. The Bertz CT molecular complexity index is 160. The molecule has 0 saturated heterocycles. The summed E-state index contributed by atoms with van der Waals surface area (Å²) < 4.78 is 0. The summed E-state index contributed by atoms with van der Waals surface area (Å²) in [5.41, 5.74) is 0.652. The fourth-order valence-corrected chi connectivity index (χ4v) is 3.35. The highest BCUT2D eigenvalue weighted by Gasteiger charge is 2.46. The predicted octanol–water partition coefficient (Wildman–Crippen LogP) is 6.16. The van der Waals surface area contributed by atoms with Crippen LogP contribution in [0.4, 0.5) is 0 Å². The van der Waals surface area contributed by atoms with Crippen molar-refractivity contribution in [2.24, 2.45) is 29.1 Å². The van der Waals surface area contributed by atoms with E-state index in [1.165, 1.54) is 25.7 Å². The summed E-state index contributed by atoms with van der Waals surface area (Å²) in [7, 11) is 0. The van der Waals surface area contributed by atoms with Crippen molar-refractivity contribution in [2.45, 2.75) is 81.1 Å². The lowest BCUT2D eigenvalue weighted by atomic mass is 9.52. The lowest BCUT2D eigenvalue weighted by Gasteiger charge is -2.53. The summed E-state index contributed by atoms with van der Waals surface area (Å²) >= 11 is 0. The fraction of sp³-hybridized carbons (Fsp3) is 1.00. The summed E-state index contributed by atoms with van der Waals surface area (Å²) in [5.74, 6) is 4.11. The third kappa shape index (κ3) is 4.00. The fourth-order valence-electron chi connectivity index (χ4n) is 3.35. The molecular formula is C17H36. The van der Waals surface area contributed by atoms with Crippen molar-refractivity contribution in [3.05, 3.63) is 0 Å². The average molecular weight is 240 g/mol. The van der Waals surface area contributed by atoms with Crippen molar-refractivity contribution in [3.63, 3.8) is 0 Å². The predicted molar refractivity (Wildman–Crippen MR) is 80.3 cm³/mol. The van der Waals surface area contributed by atoms with Crippen LogP contribution in [-0.2, 0) is 0 Å². The van der Waals surface area contributed by atoms with Gasteiger partial charge in [-0.1, -0.05) is 55.4 Å². The van der Waals surface area contributed by atoms with Crippen LogP contribution in [0.2, 0.25) is 0 Å². The zero-order valence-corrected chi connectivity index (χ0v) is 13.6.